The second-order valence-electron chi connectivity index (χ2n) is 7.28. The third-order valence-corrected chi connectivity index (χ3v) is 5.24. The van der Waals surface area contributed by atoms with Crippen molar-refractivity contribution in [3.8, 4) is 5.69 Å². The topological polar surface area (TPSA) is 59.4 Å². The van der Waals surface area contributed by atoms with Gasteiger partial charge >= 0.3 is 0 Å². The van der Waals surface area contributed by atoms with Crippen molar-refractivity contribution in [2.45, 2.75) is 20.0 Å². The molecule has 6 nitrogen and oxygen atoms in total. The van der Waals surface area contributed by atoms with Crippen LogP contribution in [0.3, 0.4) is 0 Å². The van der Waals surface area contributed by atoms with Gasteiger partial charge in [-0.05, 0) is 30.2 Å². The van der Waals surface area contributed by atoms with Crippen LogP contribution in [0.25, 0.3) is 5.69 Å². The minimum Gasteiger partial charge on any atom is -0.379 e. The highest BCUT2D eigenvalue weighted by Gasteiger charge is 2.15. The minimum absolute atomic E-state index is 0.109. The Morgan fingerprint density at radius 3 is 2.45 bits per heavy atom. The Morgan fingerprint density at radius 1 is 1.03 bits per heavy atom. The maximum absolute atomic E-state index is 12.6. The van der Waals surface area contributed by atoms with E-state index in [1.54, 1.807) is 10.9 Å². The van der Waals surface area contributed by atoms with E-state index in [0.29, 0.717) is 12.1 Å². The molecule has 3 aromatic rings. The SMILES string of the molecule is Cc1c(C(=O)NCc2ccc(CN3CCOCC3)cc2)cnn1-c1ccccc1. The zero-order valence-electron chi connectivity index (χ0n) is 16.7. The lowest BCUT2D eigenvalue weighted by molar-refractivity contribution is 0.0342. The number of benzene rings is 2. The third kappa shape index (κ3) is 4.72. The molecule has 4 rings (SSSR count). The van der Waals surface area contributed by atoms with Crippen LogP contribution in [0.1, 0.15) is 27.2 Å². The molecule has 0 aliphatic carbocycles. The fourth-order valence-corrected chi connectivity index (χ4v) is 3.52. The summed E-state index contributed by atoms with van der Waals surface area (Å²) in [6.45, 7) is 6.92. The highest BCUT2D eigenvalue weighted by atomic mass is 16.5. The van der Waals surface area contributed by atoms with Gasteiger partial charge < -0.3 is 10.1 Å². The number of carbonyl (C=O) groups is 1. The van der Waals surface area contributed by atoms with E-state index in [1.165, 1.54) is 5.56 Å². The number of ether oxygens (including phenoxy) is 1. The van der Waals surface area contributed by atoms with Crippen LogP contribution in [0.2, 0.25) is 0 Å². The predicted octanol–water partition coefficient (Wildman–Crippen LogP) is 2.94. The molecule has 150 valence electrons. The van der Waals surface area contributed by atoms with E-state index in [9.17, 15) is 4.79 Å². The molecule has 0 spiro atoms. The fraction of sp³-hybridized carbons (Fsp3) is 0.304. The van der Waals surface area contributed by atoms with Crippen molar-refractivity contribution in [2.75, 3.05) is 26.3 Å². The second-order valence-corrected chi connectivity index (χ2v) is 7.28. The monoisotopic (exact) mass is 390 g/mol. The molecule has 1 saturated heterocycles. The summed E-state index contributed by atoms with van der Waals surface area (Å²) in [4.78, 5) is 15.0. The van der Waals surface area contributed by atoms with Crippen LogP contribution in [-0.2, 0) is 17.8 Å². The minimum atomic E-state index is -0.109. The van der Waals surface area contributed by atoms with Gasteiger partial charge in [-0.15, -0.1) is 0 Å². The summed E-state index contributed by atoms with van der Waals surface area (Å²) in [6.07, 6.45) is 1.63. The maximum atomic E-state index is 12.6. The summed E-state index contributed by atoms with van der Waals surface area (Å²) in [5, 5.41) is 7.37. The van der Waals surface area contributed by atoms with E-state index in [0.717, 1.165) is 49.8 Å². The number of hydrogen-bond donors (Lipinski definition) is 1. The van der Waals surface area contributed by atoms with E-state index in [1.807, 2.05) is 37.3 Å². The summed E-state index contributed by atoms with van der Waals surface area (Å²) in [5.41, 5.74) is 4.73. The number of nitrogens with zero attached hydrogens (tertiary/aromatic N) is 3. The van der Waals surface area contributed by atoms with Crippen LogP contribution in [0.4, 0.5) is 0 Å². The van der Waals surface area contributed by atoms with Crippen molar-refractivity contribution in [3.63, 3.8) is 0 Å². The highest BCUT2D eigenvalue weighted by Crippen LogP contribution is 2.14. The molecular weight excluding hydrogens is 364 g/mol. The van der Waals surface area contributed by atoms with Gasteiger partial charge in [0.05, 0.1) is 36.4 Å². The quantitative estimate of drug-likeness (QED) is 0.703. The van der Waals surface area contributed by atoms with Crippen molar-refractivity contribution >= 4 is 5.91 Å². The van der Waals surface area contributed by atoms with Gasteiger partial charge in [0, 0.05) is 26.2 Å². The molecular formula is C23H26N4O2. The third-order valence-electron chi connectivity index (χ3n) is 5.24. The van der Waals surface area contributed by atoms with Crippen LogP contribution in [-0.4, -0.2) is 46.9 Å². The first-order valence-electron chi connectivity index (χ1n) is 9.97. The molecule has 29 heavy (non-hydrogen) atoms. The lowest BCUT2D eigenvalue weighted by Crippen LogP contribution is -2.35. The molecule has 1 N–H and O–H groups in total. The van der Waals surface area contributed by atoms with Crippen LogP contribution in [0, 0.1) is 6.92 Å². The van der Waals surface area contributed by atoms with Crippen LogP contribution >= 0.6 is 0 Å². The summed E-state index contributed by atoms with van der Waals surface area (Å²) in [7, 11) is 0. The maximum Gasteiger partial charge on any atom is 0.255 e. The summed E-state index contributed by atoms with van der Waals surface area (Å²) in [5.74, 6) is -0.109. The molecule has 0 radical (unpaired) electrons. The van der Waals surface area contributed by atoms with Gasteiger partial charge in [0.15, 0.2) is 0 Å². The Morgan fingerprint density at radius 2 is 1.72 bits per heavy atom. The lowest BCUT2D eigenvalue weighted by Gasteiger charge is -2.26. The van der Waals surface area contributed by atoms with Gasteiger partial charge in [-0.1, -0.05) is 42.5 Å². The Kier molecular flexibility index (Phi) is 6.03. The summed E-state index contributed by atoms with van der Waals surface area (Å²) >= 11 is 0. The van der Waals surface area contributed by atoms with Crippen molar-refractivity contribution in [1.29, 1.82) is 0 Å². The molecule has 1 amide bonds. The second kappa shape index (κ2) is 9.03. The molecule has 1 fully saturated rings. The molecule has 0 bridgehead atoms. The lowest BCUT2D eigenvalue weighted by atomic mass is 10.1. The Balaban J connectivity index is 1.34. The van der Waals surface area contributed by atoms with Crippen molar-refractivity contribution in [3.05, 3.63) is 83.2 Å². The number of carbonyl (C=O) groups excluding carboxylic acids is 1. The standard InChI is InChI=1S/C23H26N4O2/c1-18-22(16-25-27(18)21-5-3-2-4-6-21)23(28)24-15-19-7-9-20(10-8-19)17-26-11-13-29-14-12-26/h2-10,16H,11-15,17H2,1H3,(H,24,28). The number of rotatable bonds is 6. The van der Waals surface area contributed by atoms with Gasteiger partial charge in [0.25, 0.3) is 5.91 Å². The highest BCUT2D eigenvalue weighted by molar-refractivity contribution is 5.95. The Labute approximate surface area is 171 Å². The van der Waals surface area contributed by atoms with Gasteiger partial charge in [-0.2, -0.15) is 5.10 Å². The molecule has 1 aromatic heterocycles. The number of nitrogens with one attached hydrogen (secondary N) is 1. The number of aromatic nitrogens is 2. The number of hydrogen-bond acceptors (Lipinski definition) is 4. The van der Waals surface area contributed by atoms with E-state index in [-0.39, 0.29) is 5.91 Å². The number of para-hydroxylation sites is 1. The van der Waals surface area contributed by atoms with Crippen molar-refractivity contribution in [1.82, 2.24) is 20.0 Å². The van der Waals surface area contributed by atoms with Crippen molar-refractivity contribution in [2.24, 2.45) is 0 Å². The molecule has 1 aliphatic heterocycles. The van der Waals surface area contributed by atoms with Gasteiger partial charge in [-0.25, -0.2) is 4.68 Å². The first kappa shape index (κ1) is 19.4. The smallest absolute Gasteiger partial charge is 0.255 e. The van der Waals surface area contributed by atoms with Gasteiger partial charge in [-0.3, -0.25) is 9.69 Å². The Bertz CT molecular complexity index is 945. The molecule has 1 aliphatic rings. The zero-order valence-corrected chi connectivity index (χ0v) is 16.7. The average Bonchev–Trinajstić information content (AvgIpc) is 3.16. The molecule has 0 atom stereocenters. The van der Waals surface area contributed by atoms with Gasteiger partial charge in [0.1, 0.15) is 0 Å². The molecule has 2 aromatic carbocycles. The fourth-order valence-electron chi connectivity index (χ4n) is 3.52. The largest absolute Gasteiger partial charge is 0.379 e. The van der Waals surface area contributed by atoms with Gasteiger partial charge in [0.2, 0.25) is 0 Å². The molecule has 0 unspecified atom stereocenters. The van der Waals surface area contributed by atoms with E-state index < -0.39 is 0 Å². The summed E-state index contributed by atoms with van der Waals surface area (Å²) < 4.78 is 7.18. The number of morpholine rings is 1. The van der Waals surface area contributed by atoms with E-state index in [2.05, 4.69) is 39.6 Å². The molecule has 0 saturated carbocycles. The Hall–Kier alpha value is -2.96. The average molecular weight is 390 g/mol. The predicted molar refractivity (Wildman–Crippen MR) is 112 cm³/mol. The first-order chi connectivity index (χ1) is 14.2. The van der Waals surface area contributed by atoms with Crippen LogP contribution in [0.5, 0.6) is 0 Å². The van der Waals surface area contributed by atoms with E-state index in [4.69, 9.17) is 4.74 Å². The summed E-state index contributed by atoms with van der Waals surface area (Å²) in [6, 6.07) is 18.2. The normalized spacial score (nSPS) is 14.7. The van der Waals surface area contributed by atoms with Crippen LogP contribution < -0.4 is 5.32 Å². The van der Waals surface area contributed by atoms with Crippen molar-refractivity contribution < 1.29 is 9.53 Å². The number of amides is 1. The molecule has 6 heteroatoms. The molecule has 2 heterocycles. The van der Waals surface area contributed by atoms with Crippen LogP contribution in [0.15, 0.2) is 60.8 Å². The first-order valence-corrected chi connectivity index (χ1v) is 9.97. The zero-order chi connectivity index (χ0) is 20.1. The van der Waals surface area contributed by atoms with E-state index >= 15 is 0 Å².